The molecule has 7 nitrogen and oxygen atoms in total. The summed E-state index contributed by atoms with van der Waals surface area (Å²) in [5.41, 5.74) is -0.655. The number of amides is 1. The van der Waals surface area contributed by atoms with Crippen LogP contribution in [-0.4, -0.2) is 19.8 Å². The minimum absolute atomic E-state index is 0.107. The van der Waals surface area contributed by atoms with Crippen molar-refractivity contribution < 1.29 is 18.1 Å². The van der Waals surface area contributed by atoms with Crippen LogP contribution in [-0.2, 0) is 13.8 Å². The smallest absolute Gasteiger partial charge is 0.294 e. The molecule has 1 rings (SSSR count). The molecular weight excluding hydrogens is 260 g/mol. The van der Waals surface area contributed by atoms with Crippen LogP contribution in [0.15, 0.2) is 23.1 Å². The predicted molar refractivity (Wildman–Crippen MR) is 55.8 cm³/mol. The fourth-order valence-corrected chi connectivity index (χ4v) is 1.77. The van der Waals surface area contributed by atoms with Crippen LogP contribution >= 0.6 is 10.7 Å². The summed E-state index contributed by atoms with van der Waals surface area (Å²) in [5.74, 6) is 0. The third-order valence-electron chi connectivity index (χ3n) is 1.66. The quantitative estimate of drug-likeness (QED) is 0.379. The van der Waals surface area contributed by atoms with Crippen molar-refractivity contribution in [2.24, 2.45) is 0 Å². The molecule has 0 aromatic heterocycles. The van der Waals surface area contributed by atoms with Gasteiger partial charge in [-0.05, 0) is 12.1 Å². The van der Waals surface area contributed by atoms with E-state index in [1.807, 2.05) is 0 Å². The van der Waals surface area contributed by atoms with Crippen molar-refractivity contribution in [3.63, 3.8) is 0 Å². The minimum atomic E-state index is -4.04. The van der Waals surface area contributed by atoms with E-state index in [0.717, 1.165) is 18.2 Å². The first kappa shape index (κ1) is 12.4. The van der Waals surface area contributed by atoms with Crippen LogP contribution < -0.4 is 5.32 Å². The first-order chi connectivity index (χ1) is 7.36. The van der Waals surface area contributed by atoms with Crippen molar-refractivity contribution in [1.82, 2.24) is 0 Å². The summed E-state index contributed by atoms with van der Waals surface area (Å²) in [7, 11) is 0.985. The number of hydrogen-bond donors (Lipinski definition) is 1. The van der Waals surface area contributed by atoms with Gasteiger partial charge in [-0.15, -0.1) is 0 Å². The maximum Gasteiger partial charge on any atom is 0.294 e. The molecule has 1 N–H and O–H groups in total. The summed E-state index contributed by atoms with van der Waals surface area (Å²) in [6.45, 7) is 0. The van der Waals surface area contributed by atoms with Gasteiger partial charge in [-0.3, -0.25) is 14.9 Å². The Kier molecular flexibility index (Phi) is 3.45. The molecule has 0 aliphatic rings. The van der Waals surface area contributed by atoms with Crippen LogP contribution in [0.2, 0.25) is 0 Å². The Morgan fingerprint density at radius 1 is 1.44 bits per heavy atom. The number of rotatable bonds is 4. The molecule has 0 atom stereocenters. The molecule has 0 unspecified atom stereocenters. The molecule has 1 amide bonds. The van der Waals surface area contributed by atoms with E-state index in [4.69, 9.17) is 10.7 Å². The van der Waals surface area contributed by atoms with E-state index in [1.54, 1.807) is 0 Å². The van der Waals surface area contributed by atoms with Gasteiger partial charge in [-0.1, -0.05) is 0 Å². The highest BCUT2D eigenvalue weighted by Gasteiger charge is 2.19. The number of halogens is 1. The van der Waals surface area contributed by atoms with Gasteiger partial charge in [-0.2, -0.15) is 0 Å². The molecule has 86 valence electrons. The molecule has 0 saturated heterocycles. The molecule has 0 bridgehead atoms. The zero-order valence-electron chi connectivity index (χ0n) is 7.58. The van der Waals surface area contributed by atoms with Gasteiger partial charge in [0.15, 0.2) is 0 Å². The third kappa shape index (κ3) is 2.67. The number of carbonyl (C=O) groups excluding carboxylic acids is 1. The first-order valence-electron chi connectivity index (χ1n) is 3.79. The predicted octanol–water partition coefficient (Wildman–Crippen LogP) is 1.09. The molecule has 0 spiro atoms. The summed E-state index contributed by atoms with van der Waals surface area (Å²) in [4.78, 5) is 19.5. The Morgan fingerprint density at radius 3 is 2.50 bits per heavy atom. The van der Waals surface area contributed by atoms with E-state index < -0.39 is 24.6 Å². The van der Waals surface area contributed by atoms with Crippen LogP contribution in [0.25, 0.3) is 0 Å². The number of hydrogen-bond acceptors (Lipinski definition) is 5. The largest absolute Gasteiger partial charge is 0.323 e. The molecule has 0 fully saturated rings. The van der Waals surface area contributed by atoms with Crippen LogP contribution in [0, 0.1) is 10.1 Å². The van der Waals surface area contributed by atoms with Gasteiger partial charge in [0.2, 0.25) is 6.41 Å². The van der Waals surface area contributed by atoms with Gasteiger partial charge in [0.05, 0.1) is 9.82 Å². The van der Waals surface area contributed by atoms with Gasteiger partial charge in [0.25, 0.3) is 14.7 Å². The van der Waals surface area contributed by atoms with Crippen molar-refractivity contribution >= 4 is 37.5 Å². The highest BCUT2D eigenvalue weighted by molar-refractivity contribution is 8.13. The normalized spacial score (nSPS) is 10.8. The van der Waals surface area contributed by atoms with Gasteiger partial charge >= 0.3 is 0 Å². The van der Waals surface area contributed by atoms with E-state index in [9.17, 15) is 23.3 Å². The standard InChI is InChI=1S/C7H5ClN2O5S/c8-16(14,15)5-1-2-6(9-4-11)7(3-5)10(12)13/h1-4H,(H,9,11). The minimum Gasteiger partial charge on any atom is -0.323 e. The Labute approximate surface area is 94.6 Å². The Hall–Kier alpha value is -1.67. The van der Waals surface area contributed by atoms with Crippen LogP contribution in [0.1, 0.15) is 0 Å². The average Bonchev–Trinajstić information content (AvgIpc) is 2.16. The van der Waals surface area contributed by atoms with Gasteiger partial charge in [0, 0.05) is 16.7 Å². The number of anilines is 1. The molecule has 0 aliphatic carbocycles. The van der Waals surface area contributed by atoms with E-state index >= 15 is 0 Å². The average molecular weight is 265 g/mol. The number of nitrogens with zero attached hydrogens (tertiary/aromatic N) is 1. The number of benzene rings is 1. The molecule has 0 heterocycles. The lowest BCUT2D eigenvalue weighted by atomic mass is 10.3. The number of carbonyl (C=O) groups is 1. The third-order valence-corrected chi connectivity index (χ3v) is 3.01. The lowest BCUT2D eigenvalue weighted by Gasteiger charge is -2.02. The van der Waals surface area contributed by atoms with Gasteiger partial charge in [0.1, 0.15) is 5.69 Å². The maximum atomic E-state index is 10.9. The number of nitro benzene ring substituents is 1. The highest BCUT2D eigenvalue weighted by atomic mass is 35.7. The first-order valence-corrected chi connectivity index (χ1v) is 6.10. The highest BCUT2D eigenvalue weighted by Crippen LogP contribution is 2.28. The molecule has 1 aromatic rings. The summed E-state index contributed by atoms with van der Waals surface area (Å²) in [5, 5.41) is 12.7. The van der Waals surface area contributed by atoms with Crippen LogP contribution in [0.3, 0.4) is 0 Å². The second-order valence-corrected chi connectivity index (χ2v) is 5.20. The molecule has 0 radical (unpaired) electrons. The SMILES string of the molecule is O=CNc1ccc(S(=O)(=O)Cl)cc1[N+](=O)[O-]. The fourth-order valence-electron chi connectivity index (χ4n) is 1.000. The second-order valence-electron chi connectivity index (χ2n) is 2.64. The van der Waals surface area contributed by atoms with Crippen molar-refractivity contribution in [3.8, 4) is 0 Å². The van der Waals surface area contributed by atoms with Crippen molar-refractivity contribution in [3.05, 3.63) is 28.3 Å². The molecule has 9 heteroatoms. The Morgan fingerprint density at radius 2 is 2.06 bits per heavy atom. The Bertz CT molecular complexity index is 542. The van der Waals surface area contributed by atoms with Crippen molar-refractivity contribution in [2.45, 2.75) is 4.90 Å². The van der Waals surface area contributed by atoms with E-state index in [1.165, 1.54) is 0 Å². The van der Waals surface area contributed by atoms with E-state index in [2.05, 4.69) is 5.32 Å². The summed E-state index contributed by atoms with van der Waals surface area (Å²) >= 11 is 0. The molecular formula is C7H5ClN2O5S. The Balaban J connectivity index is 3.39. The summed E-state index contributed by atoms with van der Waals surface area (Å²) in [6.07, 6.45) is 0.247. The maximum absolute atomic E-state index is 10.9. The molecule has 0 saturated carbocycles. The summed E-state index contributed by atoms with van der Waals surface area (Å²) in [6, 6.07) is 2.91. The molecule has 1 aromatic carbocycles. The monoisotopic (exact) mass is 264 g/mol. The number of nitrogens with one attached hydrogen (secondary N) is 1. The van der Waals surface area contributed by atoms with E-state index in [-0.39, 0.29) is 12.1 Å². The van der Waals surface area contributed by atoms with E-state index in [0.29, 0.717) is 0 Å². The number of nitro groups is 1. The molecule has 0 aliphatic heterocycles. The second kappa shape index (κ2) is 4.45. The van der Waals surface area contributed by atoms with Crippen LogP contribution in [0.4, 0.5) is 11.4 Å². The lowest BCUT2D eigenvalue weighted by molar-refractivity contribution is -0.384. The van der Waals surface area contributed by atoms with Crippen molar-refractivity contribution in [1.29, 1.82) is 0 Å². The zero-order valence-corrected chi connectivity index (χ0v) is 9.16. The lowest BCUT2D eigenvalue weighted by Crippen LogP contribution is -2.01. The van der Waals surface area contributed by atoms with Crippen LogP contribution in [0.5, 0.6) is 0 Å². The van der Waals surface area contributed by atoms with Gasteiger partial charge < -0.3 is 5.32 Å². The fraction of sp³-hybridized carbons (Fsp3) is 0. The van der Waals surface area contributed by atoms with Crippen molar-refractivity contribution in [2.75, 3.05) is 5.32 Å². The molecule has 16 heavy (non-hydrogen) atoms. The van der Waals surface area contributed by atoms with Gasteiger partial charge in [-0.25, -0.2) is 8.42 Å². The summed E-state index contributed by atoms with van der Waals surface area (Å²) < 4.78 is 21.9. The zero-order chi connectivity index (χ0) is 12.3. The topological polar surface area (TPSA) is 106 Å².